The van der Waals surface area contributed by atoms with Crippen LogP contribution in [0, 0.1) is 0 Å². The molecule has 0 bridgehead atoms. The molecule has 1 saturated carbocycles. The summed E-state index contributed by atoms with van der Waals surface area (Å²) in [5.41, 5.74) is 0. The molecule has 1 aliphatic carbocycles. The molecule has 0 spiro atoms. The van der Waals surface area contributed by atoms with Crippen molar-refractivity contribution in [1.82, 2.24) is 0 Å². The molecule has 0 aromatic heterocycles. The fourth-order valence-electron chi connectivity index (χ4n) is 5.48. The molecule has 1 fully saturated rings. The summed E-state index contributed by atoms with van der Waals surface area (Å²) in [6, 6.07) is 0. The Bertz CT molecular complexity index is 268. The Hall–Kier alpha value is -0.320. The van der Waals surface area contributed by atoms with E-state index in [4.69, 9.17) is 40.9 Å². The summed E-state index contributed by atoms with van der Waals surface area (Å²) in [5, 5.41) is 60.6. The average molecular weight is 803 g/mol. The lowest BCUT2D eigenvalue weighted by atomic mass is 10.0. The smallest absolute Gasteiger partial charge is 0.0402 e. The van der Waals surface area contributed by atoms with Gasteiger partial charge in [-0.1, -0.05) is 199 Å². The Morgan fingerprint density at radius 2 is 0.164 bits per heavy atom. The molecule has 0 aliphatic heterocycles. The van der Waals surface area contributed by atoms with Crippen molar-refractivity contribution in [2.75, 3.05) is 52.9 Å². The molecule has 8 nitrogen and oxygen atoms in total. The van der Waals surface area contributed by atoms with E-state index in [1.165, 1.54) is 199 Å². The molecule has 346 valence electrons. The van der Waals surface area contributed by atoms with Crippen LogP contribution in [-0.2, 0) is 0 Å². The van der Waals surface area contributed by atoms with Crippen LogP contribution >= 0.6 is 0 Å². The van der Waals surface area contributed by atoms with Crippen molar-refractivity contribution in [2.45, 2.75) is 254 Å². The van der Waals surface area contributed by atoms with Gasteiger partial charge in [-0.25, -0.2) is 0 Å². The van der Waals surface area contributed by atoms with Gasteiger partial charge >= 0.3 is 0 Å². The van der Waals surface area contributed by atoms with Crippen molar-refractivity contribution in [3.63, 3.8) is 0 Å². The SMILES string of the molecule is C1CCCCCCCCCCCCCCCCCCCCCCCCCCCCCC1.CCO.CCO.CCO.CCO.CCO.CCO.CCO.CCO. The van der Waals surface area contributed by atoms with Gasteiger partial charge in [0.2, 0.25) is 0 Å². The molecule has 0 aromatic rings. The van der Waals surface area contributed by atoms with Crippen LogP contribution in [0.5, 0.6) is 0 Å². The highest BCUT2D eigenvalue weighted by Crippen LogP contribution is 2.17. The number of hydrogen-bond acceptors (Lipinski definition) is 8. The van der Waals surface area contributed by atoms with Crippen LogP contribution in [0.2, 0.25) is 0 Å². The molecule has 8 heteroatoms. The number of aliphatic hydroxyl groups is 8. The molecule has 0 atom stereocenters. The Labute approximate surface area is 347 Å². The maximum Gasteiger partial charge on any atom is 0.0402 e. The largest absolute Gasteiger partial charge is 0.397 e. The summed E-state index contributed by atoms with van der Waals surface area (Å²) >= 11 is 0. The minimum Gasteiger partial charge on any atom is -0.397 e. The third kappa shape index (κ3) is 152. The van der Waals surface area contributed by atoms with E-state index < -0.39 is 0 Å². The highest BCUT2D eigenvalue weighted by atomic mass is 16.3. The van der Waals surface area contributed by atoms with Gasteiger partial charge in [0.1, 0.15) is 0 Å². The fourth-order valence-corrected chi connectivity index (χ4v) is 5.48. The topological polar surface area (TPSA) is 162 Å². The second-order valence-corrected chi connectivity index (χ2v) is 13.5. The van der Waals surface area contributed by atoms with E-state index in [2.05, 4.69) is 0 Å². The predicted molar refractivity (Wildman–Crippen MR) is 245 cm³/mol. The van der Waals surface area contributed by atoms with E-state index in [-0.39, 0.29) is 52.9 Å². The summed E-state index contributed by atoms with van der Waals surface area (Å²) < 4.78 is 0. The Balaban J connectivity index is -0.000000125. The van der Waals surface area contributed by atoms with Crippen LogP contribution in [0.15, 0.2) is 0 Å². The molecule has 1 aliphatic rings. The molecule has 0 radical (unpaired) electrons. The van der Waals surface area contributed by atoms with Gasteiger partial charge in [0.05, 0.1) is 0 Å². The van der Waals surface area contributed by atoms with Gasteiger partial charge in [0.25, 0.3) is 0 Å². The van der Waals surface area contributed by atoms with Gasteiger partial charge in [0.15, 0.2) is 0 Å². The molecular formula is C47H110O8. The first-order valence-electron chi connectivity index (χ1n) is 23.7. The molecule has 0 saturated heterocycles. The van der Waals surface area contributed by atoms with Crippen molar-refractivity contribution in [1.29, 1.82) is 0 Å². The van der Waals surface area contributed by atoms with Crippen molar-refractivity contribution in [2.24, 2.45) is 0 Å². The van der Waals surface area contributed by atoms with E-state index in [9.17, 15) is 0 Å². The second-order valence-electron chi connectivity index (χ2n) is 13.5. The maximum atomic E-state index is 7.57. The molecule has 0 amide bonds. The Morgan fingerprint density at radius 3 is 0.182 bits per heavy atom. The first-order chi connectivity index (χ1) is 26.8. The van der Waals surface area contributed by atoms with Gasteiger partial charge in [-0.2, -0.15) is 0 Å². The first-order valence-corrected chi connectivity index (χ1v) is 23.7. The molecule has 8 N–H and O–H groups in total. The lowest BCUT2D eigenvalue weighted by molar-refractivity contribution is 0.318. The van der Waals surface area contributed by atoms with Crippen LogP contribution < -0.4 is 0 Å². The van der Waals surface area contributed by atoms with Crippen molar-refractivity contribution in [3.05, 3.63) is 0 Å². The van der Waals surface area contributed by atoms with Gasteiger partial charge in [0, 0.05) is 52.9 Å². The van der Waals surface area contributed by atoms with Crippen LogP contribution in [0.25, 0.3) is 0 Å². The number of hydrogen-bond donors (Lipinski definition) is 8. The highest BCUT2D eigenvalue weighted by molar-refractivity contribution is 4.53. The van der Waals surface area contributed by atoms with Crippen LogP contribution in [0.1, 0.15) is 254 Å². The van der Waals surface area contributed by atoms with Gasteiger partial charge < -0.3 is 40.9 Å². The third-order valence-electron chi connectivity index (χ3n) is 7.75. The summed E-state index contributed by atoms with van der Waals surface area (Å²) in [5.74, 6) is 0. The van der Waals surface area contributed by atoms with Crippen LogP contribution in [0.4, 0.5) is 0 Å². The quantitative estimate of drug-likeness (QED) is 0.120. The van der Waals surface area contributed by atoms with Gasteiger partial charge in [-0.05, 0) is 55.4 Å². The van der Waals surface area contributed by atoms with Gasteiger partial charge in [-0.15, -0.1) is 0 Å². The second kappa shape index (κ2) is 99.6. The minimum absolute atomic E-state index is 0.250. The lowest BCUT2D eigenvalue weighted by Gasteiger charge is -2.04. The van der Waals surface area contributed by atoms with E-state index in [0.717, 1.165) is 0 Å². The highest BCUT2D eigenvalue weighted by Gasteiger charge is 1.98. The molecule has 0 heterocycles. The zero-order chi connectivity index (χ0) is 43.6. The van der Waals surface area contributed by atoms with E-state index in [1.807, 2.05) is 0 Å². The summed E-state index contributed by atoms with van der Waals surface area (Å²) in [6.07, 6.45) is 46.5. The normalized spacial score (nSPS) is 16.1. The number of aliphatic hydroxyl groups excluding tert-OH is 8. The van der Waals surface area contributed by atoms with Crippen molar-refractivity contribution < 1.29 is 40.9 Å². The van der Waals surface area contributed by atoms with Crippen molar-refractivity contribution >= 4 is 0 Å². The Morgan fingerprint density at radius 1 is 0.145 bits per heavy atom. The summed E-state index contributed by atoms with van der Waals surface area (Å²) in [4.78, 5) is 0. The zero-order valence-corrected chi connectivity index (χ0v) is 39.2. The third-order valence-corrected chi connectivity index (χ3v) is 7.75. The minimum atomic E-state index is 0.250. The van der Waals surface area contributed by atoms with Crippen LogP contribution in [-0.4, -0.2) is 93.7 Å². The summed E-state index contributed by atoms with van der Waals surface area (Å²) in [7, 11) is 0. The first kappa shape index (κ1) is 72.3. The molecular weight excluding hydrogens is 693 g/mol. The lowest BCUT2D eigenvalue weighted by Crippen LogP contribution is -1.84. The number of rotatable bonds is 0. The van der Waals surface area contributed by atoms with Crippen LogP contribution in [0.3, 0.4) is 0 Å². The Kier molecular flexibility index (Phi) is 131. The fraction of sp³-hybridized carbons (Fsp3) is 1.00. The van der Waals surface area contributed by atoms with Gasteiger partial charge in [-0.3, -0.25) is 0 Å². The molecule has 0 unspecified atom stereocenters. The van der Waals surface area contributed by atoms with E-state index >= 15 is 0 Å². The zero-order valence-electron chi connectivity index (χ0n) is 39.2. The molecule has 55 heavy (non-hydrogen) atoms. The standard InChI is InChI=1S/C31H62.8C2H6O/c1-2-4-6-8-10-12-14-16-18-20-22-24-26-28-30-31-29-27-25-23-21-19-17-15-13-11-9-7-5-3-1;8*1-2-3/h1-31H2;8*3H,2H2,1H3. The molecule has 0 aromatic carbocycles. The van der Waals surface area contributed by atoms with Crippen molar-refractivity contribution in [3.8, 4) is 0 Å². The monoisotopic (exact) mass is 803 g/mol. The predicted octanol–water partition coefficient (Wildman–Crippen LogP) is 12.1. The maximum absolute atomic E-state index is 7.57. The van der Waals surface area contributed by atoms with E-state index in [0.29, 0.717) is 0 Å². The average Bonchev–Trinajstić information content (AvgIpc) is 3.14. The van der Waals surface area contributed by atoms with E-state index in [1.54, 1.807) is 55.4 Å². The molecule has 1 rings (SSSR count). The summed E-state index contributed by atoms with van der Waals surface area (Å²) in [6.45, 7) is 15.4.